The Labute approximate surface area is 116 Å². The van der Waals surface area contributed by atoms with Gasteiger partial charge in [-0.3, -0.25) is 5.84 Å². The van der Waals surface area contributed by atoms with Crippen molar-refractivity contribution in [3.05, 3.63) is 29.3 Å². The predicted molar refractivity (Wildman–Crippen MR) is 80.3 cm³/mol. The summed E-state index contributed by atoms with van der Waals surface area (Å²) in [6, 6.07) is 6.50. The van der Waals surface area contributed by atoms with Crippen LogP contribution in [0.15, 0.2) is 18.2 Å². The monoisotopic (exact) mass is 265 g/mol. The van der Waals surface area contributed by atoms with Crippen LogP contribution in [0, 0.1) is 0 Å². The maximum Gasteiger partial charge on any atom is 0.122 e. The summed E-state index contributed by atoms with van der Waals surface area (Å²) in [5, 5.41) is 3.27. The summed E-state index contributed by atoms with van der Waals surface area (Å²) >= 11 is 0. The molecule has 0 heterocycles. The molecule has 0 spiro atoms. The van der Waals surface area contributed by atoms with E-state index in [1.54, 1.807) is 7.11 Å². The highest BCUT2D eigenvalue weighted by atomic mass is 16.5. The normalized spacial score (nSPS) is 11.9. The van der Waals surface area contributed by atoms with Crippen LogP contribution in [0.3, 0.4) is 0 Å². The molecule has 0 aliphatic rings. The molecule has 0 aliphatic heterocycles. The number of methoxy groups -OCH3 is 1. The first-order chi connectivity index (χ1) is 8.92. The molecule has 0 saturated carbocycles. The smallest absolute Gasteiger partial charge is 0.122 e. The molecule has 108 valence electrons. The SMILES string of the molecule is COc1cc(C(C)C)ccc1C(C)(C)CNCNN. The average molecular weight is 265 g/mol. The van der Waals surface area contributed by atoms with E-state index in [4.69, 9.17) is 10.6 Å². The maximum absolute atomic E-state index is 5.56. The van der Waals surface area contributed by atoms with E-state index in [1.807, 2.05) is 0 Å². The molecule has 4 N–H and O–H groups in total. The van der Waals surface area contributed by atoms with Crippen molar-refractivity contribution in [2.75, 3.05) is 20.3 Å². The maximum atomic E-state index is 5.56. The average Bonchev–Trinajstić information content (AvgIpc) is 2.38. The Balaban J connectivity index is 2.98. The van der Waals surface area contributed by atoms with Crippen molar-refractivity contribution in [3.63, 3.8) is 0 Å². The molecule has 0 atom stereocenters. The van der Waals surface area contributed by atoms with Crippen LogP contribution in [-0.2, 0) is 5.41 Å². The topological polar surface area (TPSA) is 59.3 Å². The van der Waals surface area contributed by atoms with Gasteiger partial charge >= 0.3 is 0 Å². The lowest BCUT2D eigenvalue weighted by atomic mass is 9.82. The molecule has 0 unspecified atom stereocenters. The van der Waals surface area contributed by atoms with Crippen molar-refractivity contribution in [2.24, 2.45) is 5.84 Å². The molecule has 4 nitrogen and oxygen atoms in total. The number of hydrogen-bond acceptors (Lipinski definition) is 4. The molecule has 1 rings (SSSR count). The van der Waals surface area contributed by atoms with E-state index in [2.05, 4.69) is 56.6 Å². The Bertz CT molecular complexity index is 402. The van der Waals surface area contributed by atoms with Crippen molar-refractivity contribution in [1.82, 2.24) is 10.7 Å². The van der Waals surface area contributed by atoms with Crippen LogP contribution in [0.4, 0.5) is 0 Å². The lowest BCUT2D eigenvalue weighted by Crippen LogP contribution is -2.40. The Hall–Kier alpha value is -1.10. The van der Waals surface area contributed by atoms with Crippen molar-refractivity contribution < 1.29 is 4.74 Å². The molecule has 4 heteroatoms. The second-order valence-corrected chi connectivity index (χ2v) is 5.81. The lowest BCUT2D eigenvalue weighted by Gasteiger charge is -2.28. The fourth-order valence-electron chi connectivity index (χ4n) is 2.17. The highest BCUT2D eigenvalue weighted by molar-refractivity contribution is 5.43. The molecule has 0 saturated heterocycles. The van der Waals surface area contributed by atoms with Crippen LogP contribution >= 0.6 is 0 Å². The highest BCUT2D eigenvalue weighted by Gasteiger charge is 2.24. The van der Waals surface area contributed by atoms with Crippen LogP contribution in [0.25, 0.3) is 0 Å². The summed E-state index contributed by atoms with van der Waals surface area (Å²) in [4.78, 5) is 0. The summed E-state index contributed by atoms with van der Waals surface area (Å²) in [6.45, 7) is 10.2. The molecular weight excluding hydrogens is 238 g/mol. The third kappa shape index (κ3) is 4.20. The number of hydrogen-bond donors (Lipinski definition) is 3. The molecule has 0 amide bonds. The van der Waals surface area contributed by atoms with Gasteiger partial charge < -0.3 is 10.1 Å². The Morgan fingerprint density at radius 1 is 1.32 bits per heavy atom. The summed E-state index contributed by atoms with van der Waals surface area (Å²) in [7, 11) is 1.73. The van der Waals surface area contributed by atoms with E-state index in [9.17, 15) is 0 Å². The molecule has 0 aliphatic carbocycles. The minimum Gasteiger partial charge on any atom is -0.496 e. The number of hydrazine groups is 1. The van der Waals surface area contributed by atoms with Gasteiger partial charge in [0.1, 0.15) is 5.75 Å². The third-order valence-corrected chi connectivity index (χ3v) is 3.42. The summed E-state index contributed by atoms with van der Waals surface area (Å²) in [5.41, 5.74) is 5.10. The number of nitrogens with one attached hydrogen (secondary N) is 2. The number of rotatable bonds is 7. The number of ether oxygens (including phenoxy) is 1. The van der Waals surface area contributed by atoms with Crippen LogP contribution in [0.5, 0.6) is 5.75 Å². The van der Waals surface area contributed by atoms with Gasteiger partial charge in [-0.25, -0.2) is 5.43 Å². The van der Waals surface area contributed by atoms with E-state index in [1.165, 1.54) is 11.1 Å². The zero-order valence-electron chi connectivity index (χ0n) is 12.7. The van der Waals surface area contributed by atoms with Crippen molar-refractivity contribution >= 4 is 0 Å². The molecule has 0 aromatic heterocycles. The van der Waals surface area contributed by atoms with Gasteiger partial charge in [-0.1, -0.05) is 39.8 Å². The fourth-order valence-corrected chi connectivity index (χ4v) is 2.17. The molecule has 1 aromatic carbocycles. The quantitative estimate of drug-likeness (QED) is 0.306. The van der Waals surface area contributed by atoms with Crippen molar-refractivity contribution in [2.45, 2.75) is 39.0 Å². The Morgan fingerprint density at radius 2 is 2.00 bits per heavy atom. The van der Waals surface area contributed by atoms with Gasteiger partial charge in [0.05, 0.1) is 13.8 Å². The first-order valence-corrected chi connectivity index (χ1v) is 6.75. The van der Waals surface area contributed by atoms with Gasteiger partial charge in [0.25, 0.3) is 0 Å². The molecule has 0 fully saturated rings. The molecular formula is C15H27N3O. The first-order valence-electron chi connectivity index (χ1n) is 6.75. The number of benzene rings is 1. The second-order valence-electron chi connectivity index (χ2n) is 5.81. The zero-order chi connectivity index (χ0) is 14.5. The van der Waals surface area contributed by atoms with Gasteiger partial charge in [-0.15, -0.1) is 0 Å². The summed E-state index contributed by atoms with van der Waals surface area (Å²) in [6.07, 6.45) is 0. The molecule has 19 heavy (non-hydrogen) atoms. The van der Waals surface area contributed by atoms with E-state index in [0.717, 1.165) is 12.3 Å². The second kappa shape index (κ2) is 6.89. The van der Waals surface area contributed by atoms with Gasteiger partial charge in [0, 0.05) is 17.5 Å². The van der Waals surface area contributed by atoms with Gasteiger partial charge in [0.15, 0.2) is 0 Å². The van der Waals surface area contributed by atoms with Crippen LogP contribution in [0.2, 0.25) is 0 Å². The van der Waals surface area contributed by atoms with Crippen LogP contribution in [0.1, 0.15) is 44.7 Å². The van der Waals surface area contributed by atoms with Gasteiger partial charge in [-0.2, -0.15) is 0 Å². The Kier molecular flexibility index (Phi) is 5.79. The Morgan fingerprint density at radius 3 is 2.53 bits per heavy atom. The predicted octanol–water partition coefficient (Wildman–Crippen LogP) is 2.11. The van der Waals surface area contributed by atoms with Crippen molar-refractivity contribution in [3.8, 4) is 5.75 Å². The van der Waals surface area contributed by atoms with Crippen molar-refractivity contribution in [1.29, 1.82) is 0 Å². The van der Waals surface area contributed by atoms with E-state index >= 15 is 0 Å². The minimum atomic E-state index is -0.0162. The van der Waals surface area contributed by atoms with Crippen LogP contribution in [-0.4, -0.2) is 20.3 Å². The number of nitrogens with two attached hydrogens (primary N) is 1. The first kappa shape index (κ1) is 16.0. The lowest BCUT2D eigenvalue weighted by molar-refractivity contribution is 0.383. The molecule has 0 bridgehead atoms. The van der Waals surface area contributed by atoms with Gasteiger partial charge in [0.2, 0.25) is 0 Å². The summed E-state index contributed by atoms with van der Waals surface area (Å²) < 4.78 is 5.56. The van der Waals surface area contributed by atoms with Gasteiger partial charge in [-0.05, 0) is 17.5 Å². The molecule has 0 radical (unpaired) electrons. The van der Waals surface area contributed by atoms with E-state index in [-0.39, 0.29) is 5.41 Å². The third-order valence-electron chi connectivity index (χ3n) is 3.42. The largest absolute Gasteiger partial charge is 0.496 e. The zero-order valence-corrected chi connectivity index (χ0v) is 12.7. The van der Waals surface area contributed by atoms with E-state index in [0.29, 0.717) is 12.6 Å². The fraction of sp³-hybridized carbons (Fsp3) is 0.600. The van der Waals surface area contributed by atoms with E-state index < -0.39 is 0 Å². The van der Waals surface area contributed by atoms with Crippen LogP contribution < -0.4 is 21.3 Å². The highest BCUT2D eigenvalue weighted by Crippen LogP contribution is 2.33. The molecule has 1 aromatic rings. The summed E-state index contributed by atoms with van der Waals surface area (Å²) in [5.74, 6) is 6.73. The minimum absolute atomic E-state index is 0.0162. The standard InChI is InChI=1S/C15H27N3O/c1-11(2)12-6-7-13(14(8-12)19-5)15(3,4)9-17-10-18-16/h6-8,11,17-18H,9-10,16H2,1-5H3.